The Morgan fingerprint density at radius 1 is 1.59 bits per heavy atom. The van der Waals surface area contributed by atoms with E-state index in [1.165, 1.54) is 0 Å². The van der Waals surface area contributed by atoms with Crippen LogP contribution >= 0.6 is 0 Å². The van der Waals surface area contributed by atoms with Crippen molar-refractivity contribution in [2.24, 2.45) is 0 Å². The van der Waals surface area contributed by atoms with Crippen molar-refractivity contribution < 1.29 is 14.3 Å². The minimum Gasteiger partial charge on any atom is -0.370 e. The van der Waals surface area contributed by atoms with Crippen molar-refractivity contribution in [1.82, 2.24) is 10.6 Å². The van der Waals surface area contributed by atoms with Crippen LogP contribution < -0.4 is 10.6 Å². The molecule has 5 heteroatoms. The minimum atomic E-state index is -0.414. The smallest absolute Gasteiger partial charge is 0.248 e. The van der Waals surface area contributed by atoms with Gasteiger partial charge in [0.1, 0.15) is 6.10 Å². The Balaban J connectivity index is 2.18. The van der Waals surface area contributed by atoms with E-state index in [1.54, 1.807) is 6.92 Å². The fourth-order valence-electron chi connectivity index (χ4n) is 1.69. The molecule has 1 rings (SSSR count). The lowest BCUT2D eigenvalue weighted by atomic mass is 10.2. The van der Waals surface area contributed by atoms with Crippen LogP contribution in [0.3, 0.4) is 0 Å². The third-order valence-electron chi connectivity index (χ3n) is 2.68. The highest BCUT2D eigenvalue weighted by Crippen LogP contribution is 2.05. The quantitative estimate of drug-likeness (QED) is 0.705. The van der Waals surface area contributed by atoms with E-state index in [2.05, 4.69) is 10.6 Å². The second kappa shape index (κ2) is 7.63. The summed E-state index contributed by atoms with van der Waals surface area (Å²) < 4.78 is 11.2. The SMILES string of the molecule is CCCNC(=O)C(C)OCC1CNCC(C)O1. The number of amides is 1. The Kier molecular flexibility index (Phi) is 6.47. The van der Waals surface area contributed by atoms with Crippen molar-refractivity contribution >= 4 is 5.91 Å². The van der Waals surface area contributed by atoms with Gasteiger partial charge in [-0.2, -0.15) is 0 Å². The van der Waals surface area contributed by atoms with E-state index in [9.17, 15) is 4.79 Å². The third-order valence-corrected chi connectivity index (χ3v) is 2.68. The molecule has 1 fully saturated rings. The molecule has 0 spiro atoms. The van der Waals surface area contributed by atoms with Crippen molar-refractivity contribution in [2.75, 3.05) is 26.2 Å². The number of rotatable bonds is 6. The minimum absolute atomic E-state index is 0.0418. The van der Waals surface area contributed by atoms with Crippen molar-refractivity contribution in [2.45, 2.75) is 45.5 Å². The molecule has 3 atom stereocenters. The van der Waals surface area contributed by atoms with Gasteiger partial charge >= 0.3 is 0 Å². The predicted molar refractivity (Wildman–Crippen MR) is 65.9 cm³/mol. The standard InChI is InChI=1S/C12H24N2O3/c1-4-5-14-12(15)10(3)16-8-11-7-13-6-9(2)17-11/h9-11,13H,4-8H2,1-3H3,(H,14,15). The average Bonchev–Trinajstić information content (AvgIpc) is 2.33. The van der Waals surface area contributed by atoms with Crippen molar-refractivity contribution in [3.05, 3.63) is 0 Å². The molecule has 3 unspecified atom stereocenters. The van der Waals surface area contributed by atoms with E-state index < -0.39 is 6.10 Å². The Morgan fingerprint density at radius 3 is 3.00 bits per heavy atom. The zero-order chi connectivity index (χ0) is 12.7. The van der Waals surface area contributed by atoms with Crippen molar-refractivity contribution in [1.29, 1.82) is 0 Å². The van der Waals surface area contributed by atoms with Gasteiger partial charge in [0.05, 0.1) is 18.8 Å². The summed E-state index contributed by atoms with van der Waals surface area (Å²) in [5, 5.41) is 6.07. The molecule has 1 saturated heterocycles. The summed E-state index contributed by atoms with van der Waals surface area (Å²) >= 11 is 0. The van der Waals surface area contributed by atoms with Gasteiger partial charge in [-0.15, -0.1) is 0 Å². The molecule has 17 heavy (non-hydrogen) atoms. The number of hydrogen-bond donors (Lipinski definition) is 2. The first-order valence-electron chi connectivity index (χ1n) is 6.39. The van der Waals surface area contributed by atoms with E-state index in [4.69, 9.17) is 9.47 Å². The fourth-order valence-corrected chi connectivity index (χ4v) is 1.69. The molecule has 0 aliphatic carbocycles. The molecular weight excluding hydrogens is 220 g/mol. The van der Waals surface area contributed by atoms with Crippen LogP contribution in [0.15, 0.2) is 0 Å². The molecule has 0 bridgehead atoms. The first kappa shape index (κ1) is 14.4. The van der Waals surface area contributed by atoms with Gasteiger partial charge in [-0.3, -0.25) is 4.79 Å². The maximum Gasteiger partial charge on any atom is 0.248 e. The normalized spacial score (nSPS) is 26.5. The topological polar surface area (TPSA) is 59.6 Å². The van der Waals surface area contributed by atoms with E-state index >= 15 is 0 Å². The molecule has 1 amide bonds. The molecule has 0 saturated carbocycles. The van der Waals surface area contributed by atoms with E-state index in [1.807, 2.05) is 13.8 Å². The lowest BCUT2D eigenvalue weighted by Gasteiger charge is -2.29. The highest BCUT2D eigenvalue weighted by atomic mass is 16.5. The van der Waals surface area contributed by atoms with Gasteiger partial charge in [0.2, 0.25) is 5.91 Å². The van der Waals surface area contributed by atoms with Crippen LogP contribution in [0.4, 0.5) is 0 Å². The van der Waals surface area contributed by atoms with E-state index in [0.717, 1.165) is 19.5 Å². The van der Waals surface area contributed by atoms with E-state index in [-0.39, 0.29) is 18.1 Å². The van der Waals surface area contributed by atoms with Crippen molar-refractivity contribution in [3.63, 3.8) is 0 Å². The average molecular weight is 244 g/mol. The highest BCUT2D eigenvalue weighted by molar-refractivity contribution is 5.80. The molecule has 1 aliphatic heterocycles. The summed E-state index contributed by atoms with van der Waals surface area (Å²) in [5.41, 5.74) is 0. The largest absolute Gasteiger partial charge is 0.370 e. The Bertz CT molecular complexity index is 236. The molecular formula is C12H24N2O3. The lowest BCUT2D eigenvalue weighted by Crippen LogP contribution is -2.46. The summed E-state index contributed by atoms with van der Waals surface area (Å²) in [6.07, 6.45) is 0.773. The van der Waals surface area contributed by atoms with Gasteiger partial charge in [-0.05, 0) is 20.3 Å². The highest BCUT2D eigenvalue weighted by Gasteiger charge is 2.21. The second-order valence-electron chi connectivity index (χ2n) is 4.49. The molecule has 1 aliphatic rings. The monoisotopic (exact) mass is 244 g/mol. The molecule has 100 valence electrons. The molecule has 0 aromatic heterocycles. The molecule has 0 aromatic rings. The van der Waals surface area contributed by atoms with Crippen molar-refractivity contribution in [3.8, 4) is 0 Å². The summed E-state index contributed by atoms with van der Waals surface area (Å²) in [7, 11) is 0. The predicted octanol–water partition coefficient (Wildman–Crippen LogP) is 0.295. The van der Waals surface area contributed by atoms with Crippen LogP contribution in [0.2, 0.25) is 0 Å². The maximum absolute atomic E-state index is 11.5. The molecule has 2 N–H and O–H groups in total. The number of ether oxygens (including phenoxy) is 2. The summed E-state index contributed by atoms with van der Waals surface area (Å²) in [4.78, 5) is 11.5. The van der Waals surface area contributed by atoms with Crippen LogP contribution in [0.25, 0.3) is 0 Å². The van der Waals surface area contributed by atoms with Gasteiger partial charge in [0.15, 0.2) is 0 Å². The van der Waals surface area contributed by atoms with Gasteiger partial charge in [0.25, 0.3) is 0 Å². The van der Waals surface area contributed by atoms with Gasteiger partial charge in [-0.1, -0.05) is 6.92 Å². The van der Waals surface area contributed by atoms with Gasteiger partial charge in [0, 0.05) is 19.6 Å². The number of carbonyl (C=O) groups excluding carboxylic acids is 1. The number of carbonyl (C=O) groups is 1. The van der Waals surface area contributed by atoms with Crippen LogP contribution in [0.1, 0.15) is 27.2 Å². The number of morpholine rings is 1. The molecule has 1 heterocycles. The van der Waals surface area contributed by atoms with Crippen LogP contribution in [-0.4, -0.2) is 50.5 Å². The zero-order valence-corrected chi connectivity index (χ0v) is 11.0. The van der Waals surface area contributed by atoms with Crippen LogP contribution in [0, 0.1) is 0 Å². The first-order valence-corrected chi connectivity index (χ1v) is 6.39. The van der Waals surface area contributed by atoms with Gasteiger partial charge in [-0.25, -0.2) is 0 Å². The lowest BCUT2D eigenvalue weighted by molar-refractivity contribution is -0.136. The maximum atomic E-state index is 11.5. The van der Waals surface area contributed by atoms with E-state index in [0.29, 0.717) is 13.2 Å². The first-order chi connectivity index (χ1) is 8.13. The third kappa shape index (κ3) is 5.48. The molecule has 0 radical (unpaired) electrons. The van der Waals surface area contributed by atoms with Crippen LogP contribution in [-0.2, 0) is 14.3 Å². The number of hydrogen-bond acceptors (Lipinski definition) is 4. The Hall–Kier alpha value is -0.650. The molecule has 0 aromatic carbocycles. The second-order valence-corrected chi connectivity index (χ2v) is 4.49. The molecule has 5 nitrogen and oxygen atoms in total. The summed E-state index contributed by atoms with van der Waals surface area (Å²) in [5.74, 6) is -0.0522. The van der Waals surface area contributed by atoms with Gasteiger partial charge < -0.3 is 20.1 Å². The Morgan fingerprint density at radius 2 is 2.35 bits per heavy atom. The zero-order valence-electron chi connectivity index (χ0n) is 11.0. The fraction of sp³-hybridized carbons (Fsp3) is 0.917. The van der Waals surface area contributed by atoms with Crippen LogP contribution in [0.5, 0.6) is 0 Å². The summed E-state index contributed by atoms with van der Waals surface area (Å²) in [6, 6.07) is 0. The summed E-state index contributed by atoms with van der Waals surface area (Å²) in [6.45, 7) is 8.63. The number of nitrogens with one attached hydrogen (secondary N) is 2. The Labute approximate surface area is 103 Å².